The molecule has 46 heavy (non-hydrogen) atoms. The van der Waals surface area contributed by atoms with Gasteiger partial charge in [-0.1, -0.05) is 0 Å². The van der Waals surface area contributed by atoms with Gasteiger partial charge in [0.05, 0.1) is 64.5 Å². The molecule has 2 atom stereocenters. The third-order valence-electron chi connectivity index (χ3n) is 6.65. The monoisotopic (exact) mass is 675 g/mol. The number of thioether (sulfide) groups is 1. The lowest BCUT2D eigenvalue weighted by Gasteiger charge is -2.15. The van der Waals surface area contributed by atoms with Crippen LogP contribution in [0.25, 0.3) is 0 Å². The SMILES string of the molecule is CC(=O)[C@H](C)OCCCSC1CC(=O)N(CCC(=O)NCCOCCOCCOCCOCCC(=O)ON2C(=O)CCC2=O)C1=O. The van der Waals surface area contributed by atoms with Gasteiger partial charge in [-0.3, -0.25) is 33.7 Å². The van der Waals surface area contributed by atoms with Gasteiger partial charge in [-0.15, -0.1) is 16.8 Å². The first kappa shape index (κ1) is 39.2. The molecule has 17 heteroatoms. The molecule has 2 saturated heterocycles. The number of hydroxylamine groups is 2. The number of carbonyl (C=O) groups excluding carboxylic acids is 7. The number of nitrogens with one attached hydrogen (secondary N) is 1. The lowest BCUT2D eigenvalue weighted by Crippen LogP contribution is -2.36. The fourth-order valence-electron chi connectivity index (χ4n) is 3.97. The number of likely N-dealkylation sites (tertiary alicyclic amines) is 1. The Bertz CT molecular complexity index is 1030. The minimum atomic E-state index is -0.725. The summed E-state index contributed by atoms with van der Waals surface area (Å²) < 4.78 is 26.8. The first-order valence-corrected chi connectivity index (χ1v) is 16.4. The highest BCUT2D eigenvalue weighted by molar-refractivity contribution is 8.00. The summed E-state index contributed by atoms with van der Waals surface area (Å²) in [5, 5.41) is 2.73. The molecular formula is C29H45N3O13S. The number of hydrogen-bond acceptors (Lipinski definition) is 14. The summed E-state index contributed by atoms with van der Waals surface area (Å²) in [6, 6.07) is 0. The van der Waals surface area contributed by atoms with E-state index in [-0.39, 0.29) is 95.1 Å². The van der Waals surface area contributed by atoms with Gasteiger partial charge in [0.1, 0.15) is 6.10 Å². The van der Waals surface area contributed by atoms with Crippen LogP contribution in [0.4, 0.5) is 0 Å². The van der Waals surface area contributed by atoms with E-state index in [9.17, 15) is 33.6 Å². The maximum atomic E-state index is 12.6. The van der Waals surface area contributed by atoms with E-state index in [0.29, 0.717) is 50.3 Å². The van der Waals surface area contributed by atoms with Crippen LogP contribution in [0.2, 0.25) is 0 Å². The van der Waals surface area contributed by atoms with Crippen LogP contribution >= 0.6 is 11.8 Å². The summed E-state index contributed by atoms with van der Waals surface area (Å²) in [6.45, 7) is 6.06. The van der Waals surface area contributed by atoms with Crippen molar-refractivity contribution in [3.63, 3.8) is 0 Å². The maximum absolute atomic E-state index is 12.6. The molecule has 0 radical (unpaired) electrons. The van der Waals surface area contributed by atoms with E-state index in [1.54, 1.807) is 6.92 Å². The molecule has 16 nitrogen and oxygen atoms in total. The highest BCUT2D eigenvalue weighted by atomic mass is 32.2. The van der Waals surface area contributed by atoms with Crippen LogP contribution in [-0.2, 0) is 62.1 Å². The smallest absolute Gasteiger partial charge is 0.335 e. The van der Waals surface area contributed by atoms with Crippen LogP contribution in [0.15, 0.2) is 0 Å². The predicted molar refractivity (Wildman–Crippen MR) is 161 cm³/mol. The summed E-state index contributed by atoms with van der Waals surface area (Å²) in [5.41, 5.74) is 0. The molecule has 0 aromatic rings. The third kappa shape index (κ3) is 15.6. The fraction of sp³-hybridized carbons (Fsp3) is 0.759. The molecule has 2 heterocycles. The zero-order chi connectivity index (χ0) is 33.7. The topological polar surface area (TPSA) is 193 Å². The van der Waals surface area contributed by atoms with Crippen LogP contribution in [0, 0.1) is 0 Å². The van der Waals surface area contributed by atoms with Crippen molar-refractivity contribution in [2.24, 2.45) is 0 Å². The van der Waals surface area contributed by atoms with Gasteiger partial charge in [-0.2, -0.15) is 0 Å². The number of carbonyl (C=O) groups is 7. The minimum Gasteiger partial charge on any atom is -0.378 e. The maximum Gasteiger partial charge on any atom is 0.335 e. The molecule has 2 aliphatic rings. The molecule has 2 fully saturated rings. The summed E-state index contributed by atoms with van der Waals surface area (Å²) in [6.07, 6.45) is 0.301. The van der Waals surface area contributed by atoms with Gasteiger partial charge in [-0.25, -0.2) is 4.79 Å². The van der Waals surface area contributed by atoms with Gasteiger partial charge in [0, 0.05) is 45.4 Å². The van der Waals surface area contributed by atoms with Gasteiger partial charge < -0.3 is 33.8 Å². The highest BCUT2D eigenvalue weighted by Crippen LogP contribution is 2.26. The van der Waals surface area contributed by atoms with Crippen LogP contribution in [0.5, 0.6) is 0 Å². The number of rotatable bonds is 26. The van der Waals surface area contributed by atoms with Crippen molar-refractivity contribution in [2.75, 3.05) is 78.3 Å². The van der Waals surface area contributed by atoms with E-state index >= 15 is 0 Å². The van der Waals surface area contributed by atoms with Gasteiger partial charge in [0.15, 0.2) is 5.78 Å². The van der Waals surface area contributed by atoms with E-state index in [2.05, 4.69) is 5.32 Å². The van der Waals surface area contributed by atoms with Gasteiger partial charge >= 0.3 is 5.97 Å². The molecule has 0 aliphatic carbocycles. The van der Waals surface area contributed by atoms with Gasteiger partial charge in [-0.05, 0) is 26.0 Å². The van der Waals surface area contributed by atoms with Gasteiger partial charge in [0.25, 0.3) is 11.8 Å². The molecule has 2 aliphatic heterocycles. The van der Waals surface area contributed by atoms with Crippen LogP contribution in [0.1, 0.15) is 52.4 Å². The molecule has 1 unspecified atom stereocenters. The van der Waals surface area contributed by atoms with Crippen LogP contribution < -0.4 is 5.32 Å². The van der Waals surface area contributed by atoms with E-state index in [4.69, 9.17) is 28.5 Å². The third-order valence-corrected chi connectivity index (χ3v) is 7.94. The zero-order valence-corrected chi connectivity index (χ0v) is 27.3. The van der Waals surface area contributed by atoms with E-state index in [1.165, 1.54) is 18.7 Å². The Hall–Kier alpha value is -2.96. The second-order valence-corrected chi connectivity index (χ2v) is 11.6. The average molecular weight is 676 g/mol. The molecule has 0 aromatic carbocycles. The van der Waals surface area contributed by atoms with Crippen LogP contribution in [0.3, 0.4) is 0 Å². The summed E-state index contributed by atoms with van der Waals surface area (Å²) in [5.74, 6) is -2.06. The predicted octanol–water partition coefficient (Wildman–Crippen LogP) is -0.199. The van der Waals surface area contributed by atoms with Crippen molar-refractivity contribution < 1.29 is 62.1 Å². The quantitative estimate of drug-likeness (QED) is 0.0936. The molecule has 0 spiro atoms. The largest absolute Gasteiger partial charge is 0.378 e. The van der Waals surface area contributed by atoms with Crippen molar-refractivity contribution in [3.05, 3.63) is 0 Å². The van der Waals surface area contributed by atoms with E-state index in [1.807, 2.05) is 0 Å². The minimum absolute atomic E-state index is 0.00933. The second-order valence-electron chi connectivity index (χ2n) is 10.3. The fourth-order valence-corrected chi connectivity index (χ4v) is 5.07. The standard InChI is InChI=1S/C29H45N3O13S/c1-21(33)22(2)44-10-3-19-46-23-20-27(37)31(29(23)39)9-6-24(34)30-8-12-41-14-16-43-18-17-42-15-13-40-11-7-28(38)45-32-25(35)4-5-26(32)36/h22-23H,3-20H2,1-2H3,(H,30,34)/t22-,23?/m0/s1. The molecule has 5 amide bonds. The first-order valence-electron chi connectivity index (χ1n) is 15.3. The van der Waals surface area contributed by atoms with Crippen LogP contribution in [-0.4, -0.2) is 141 Å². The lowest BCUT2D eigenvalue weighted by atomic mass is 10.3. The van der Waals surface area contributed by atoms with E-state index < -0.39 is 29.1 Å². The zero-order valence-electron chi connectivity index (χ0n) is 26.5. The summed E-state index contributed by atoms with van der Waals surface area (Å²) in [4.78, 5) is 88.4. The number of nitrogens with zero attached hydrogens (tertiary/aromatic N) is 2. The normalized spacial score (nSPS) is 17.2. The Morgan fingerprint density at radius 3 is 2.02 bits per heavy atom. The Balaban J connectivity index is 1.35. The van der Waals surface area contributed by atoms with Crippen molar-refractivity contribution in [3.8, 4) is 0 Å². The molecule has 2 rings (SSSR count). The second kappa shape index (κ2) is 22.5. The van der Waals surface area contributed by atoms with Crippen molar-refractivity contribution in [1.29, 1.82) is 0 Å². The molecular weight excluding hydrogens is 630 g/mol. The molecule has 0 saturated carbocycles. The van der Waals surface area contributed by atoms with Crippen molar-refractivity contribution >= 4 is 53.1 Å². The molecule has 260 valence electrons. The van der Waals surface area contributed by atoms with Gasteiger partial charge in [0.2, 0.25) is 17.7 Å². The Morgan fingerprint density at radius 1 is 0.826 bits per heavy atom. The van der Waals surface area contributed by atoms with Crippen molar-refractivity contribution in [1.82, 2.24) is 15.3 Å². The lowest BCUT2D eigenvalue weighted by molar-refractivity contribution is -0.198. The Labute approximate surface area is 272 Å². The van der Waals surface area contributed by atoms with E-state index in [0.717, 1.165) is 4.90 Å². The molecule has 0 bridgehead atoms. The Kier molecular flexibility index (Phi) is 19.2. The summed E-state index contributed by atoms with van der Waals surface area (Å²) >= 11 is 1.39. The first-order chi connectivity index (χ1) is 22.1. The number of ketones is 1. The Morgan fingerprint density at radius 2 is 1.41 bits per heavy atom. The number of ether oxygens (including phenoxy) is 5. The number of imide groups is 2. The average Bonchev–Trinajstić information content (AvgIpc) is 3.48. The number of hydrogen-bond donors (Lipinski definition) is 1. The molecule has 0 aromatic heterocycles. The molecule has 1 N–H and O–H groups in total. The highest BCUT2D eigenvalue weighted by Gasteiger charge is 2.38. The van der Waals surface area contributed by atoms with Crippen molar-refractivity contribution in [2.45, 2.75) is 63.7 Å². The number of Topliss-reactive ketones (excluding diaryl/α,β-unsaturated/α-hetero) is 1. The number of amides is 5. The summed E-state index contributed by atoms with van der Waals surface area (Å²) in [7, 11) is 0.